The summed E-state index contributed by atoms with van der Waals surface area (Å²) in [5.41, 5.74) is 1.42. The first-order chi connectivity index (χ1) is 9.49. The summed E-state index contributed by atoms with van der Waals surface area (Å²) in [5, 5.41) is 2.47. The molecule has 0 spiro atoms. The van der Waals surface area contributed by atoms with Crippen LogP contribution in [0, 0.1) is 11.3 Å². The van der Waals surface area contributed by atoms with E-state index in [0.717, 1.165) is 6.42 Å². The van der Waals surface area contributed by atoms with Gasteiger partial charge < -0.3 is 4.90 Å². The van der Waals surface area contributed by atoms with Crippen LogP contribution in [-0.4, -0.2) is 17.9 Å². The van der Waals surface area contributed by atoms with Crippen molar-refractivity contribution in [3.63, 3.8) is 0 Å². The van der Waals surface area contributed by atoms with Gasteiger partial charge in [-0.1, -0.05) is 56.3 Å². The zero-order valence-corrected chi connectivity index (χ0v) is 12.4. The Bertz CT molecular complexity index is 654. The monoisotopic (exact) mass is 267 g/mol. The lowest BCUT2D eigenvalue weighted by Crippen LogP contribution is -2.29. The van der Waals surface area contributed by atoms with Crippen molar-refractivity contribution in [3.05, 3.63) is 48.0 Å². The van der Waals surface area contributed by atoms with Crippen LogP contribution < -0.4 is 0 Å². The smallest absolute Gasteiger partial charge is 0.226 e. The first kappa shape index (κ1) is 13.2. The molecule has 1 atom stereocenters. The zero-order chi connectivity index (χ0) is 14.3. The molecule has 20 heavy (non-hydrogen) atoms. The molecule has 1 unspecified atom stereocenters. The predicted molar refractivity (Wildman–Crippen MR) is 82.3 cm³/mol. The van der Waals surface area contributed by atoms with Crippen molar-refractivity contribution in [1.29, 1.82) is 0 Å². The van der Waals surface area contributed by atoms with Crippen molar-refractivity contribution >= 4 is 16.7 Å². The molecule has 2 aromatic carbocycles. The third-order valence-corrected chi connectivity index (χ3v) is 4.48. The van der Waals surface area contributed by atoms with E-state index in [2.05, 4.69) is 50.2 Å². The van der Waals surface area contributed by atoms with Crippen LogP contribution >= 0.6 is 0 Å². The Hall–Kier alpha value is -1.83. The van der Waals surface area contributed by atoms with Crippen molar-refractivity contribution in [1.82, 2.24) is 4.90 Å². The molecule has 2 nitrogen and oxygen atoms in total. The van der Waals surface area contributed by atoms with Crippen LogP contribution in [-0.2, 0) is 11.3 Å². The van der Waals surface area contributed by atoms with Crippen LogP contribution in [0.3, 0.4) is 0 Å². The summed E-state index contributed by atoms with van der Waals surface area (Å²) in [6.07, 6.45) is 1.02. The van der Waals surface area contributed by atoms with Crippen LogP contribution in [0.2, 0.25) is 0 Å². The van der Waals surface area contributed by atoms with E-state index in [-0.39, 0.29) is 17.2 Å². The molecular weight excluding hydrogens is 246 g/mol. The van der Waals surface area contributed by atoms with Gasteiger partial charge in [0.05, 0.1) is 0 Å². The molecule has 2 aromatic rings. The molecule has 1 aliphatic carbocycles. The number of carbonyl (C=O) groups is 1. The largest absolute Gasteiger partial charge is 0.341 e. The molecule has 0 bridgehead atoms. The number of hydrogen-bond donors (Lipinski definition) is 0. The van der Waals surface area contributed by atoms with Crippen LogP contribution in [0.5, 0.6) is 0 Å². The quantitative estimate of drug-likeness (QED) is 0.827. The fourth-order valence-electron chi connectivity index (χ4n) is 2.92. The van der Waals surface area contributed by atoms with Gasteiger partial charge in [0, 0.05) is 19.5 Å². The van der Waals surface area contributed by atoms with E-state index < -0.39 is 0 Å². The molecule has 0 aromatic heterocycles. The van der Waals surface area contributed by atoms with Crippen LogP contribution in [0.4, 0.5) is 0 Å². The Morgan fingerprint density at radius 3 is 2.55 bits per heavy atom. The minimum Gasteiger partial charge on any atom is -0.341 e. The van der Waals surface area contributed by atoms with Gasteiger partial charge in [-0.2, -0.15) is 0 Å². The standard InChI is InChI=1S/C18H21NO/c1-18(2)11-16(18)17(20)19(3)12-14-9-6-8-13-7-4-5-10-15(13)14/h4-10,16H,11-12H2,1-3H3. The molecular formula is C18H21NO. The average molecular weight is 267 g/mol. The second-order valence-electron chi connectivity index (χ2n) is 6.58. The van der Waals surface area contributed by atoms with Crippen molar-refractivity contribution in [3.8, 4) is 0 Å². The lowest BCUT2D eigenvalue weighted by Gasteiger charge is -2.19. The number of benzene rings is 2. The number of fused-ring (bicyclic) bond motifs is 1. The molecule has 0 radical (unpaired) electrons. The highest BCUT2D eigenvalue weighted by atomic mass is 16.2. The lowest BCUT2D eigenvalue weighted by molar-refractivity contribution is -0.132. The van der Waals surface area contributed by atoms with E-state index in [1.807, 2.05) is 18.0 Å². The highest BCUT2D eigenvalue weighted by Crippen LogP contribution is 2.52. The third-order valence-electron chi connectivity index (χ3n) is 4.48. The second kappa shape index (κ2) is 4.62. The summed E-state index contributed by atoms with van der Waals surface area (Å²) >= 11 is 0. The summed E-state index contributed by atoms with van der Waals surface area (Å²) < 4.78 is 0. The maximum atomic E-state index is 12.4. The Morgan fingerprint density at radius 1 is 1.20 bits per heavy atom. The molecule has 1 saturated carbocycles. The van der Waals surface area contributed by atoms with Crippen LogP contribution in [0.1, 0.15) is 25.8 Å². The summed E-state index contributed by atoms with van der Waals surface area (Å²) in [7, 11) is 1.92. The Morgan fingerprint density at radius 2 is 1.85 bits per heavy atom. The molecule has 1 amide bonds. The van der Waals surface area contributed by atoms with Gasteiger partial charge in [-0.05, 0) is 28.2 Å². The first-order valence-electron chi connectivity index (χ1n) is 7.21. The summed E-state index contributed by atoms with van der Waals surface area (Å²) in [4.78, 5) is 14.3. The van der Waals surface area contributed by atoms with E-state index >= 15 is 0 Å². The van der Waals surface area contributed by atoms with Gasteiger partial charge >= 0.3 is 0 Å². The van der Waals surface area contributed by atoms with Gasteiger partial charge in [-0.15, -0.1) is 0 Å². The zero-order valence-electron chi connectivity index (χ0n) is 12.4. The molecule has 0 aliphatic heterocycles. The van der Waals surface area contributed by atoms with E-state index in [1.54, 1.807) is 0 Å². The number of carbonyl (C=O) groups excluding carboxylic acids is 1. The highest BCUT2D eigenvalue weighted by molar-refractivity contribution is 5.87. The van der Waals surface area contributed by atoms with Crippen molar-refractivity contribution < 1.29 is 4.79 Å². The maximum Gasteiger partial charge on any atom is 0.226 e. The Kier molecular flexibility index (Phi) is 3.04. The van der Waals surface area contributed by atoms with Crippen LogP contribution in [0.25, 0.3) is 10.8 Å². The van der Waals surface area contributed by atoms with Gasteiger partial charge in [0.2, 0.25) is 5.91 Å². The normalized spacial score (nSPS) is 19.9. The summed E-state index contributed by atoms with van der Waals surface area (Å²) in [6, 6.07) is 14.6. The van der Waals surface area contributed by atoms with Gasteiger partial charge in [0.15, 0.2) is 0 Å². The van der Waals surface area contributed by atoms with Gasteiger partial charge in [-0.3, -0.25) is 4.79 Å². The minimum atomic E-state index is 0.199. The van der Waals surface area contributed by atoms with E-state index in [4.69, 9.17) is 0 Å². The lowest BCUT2D eigenvalue weighted by atomic mass is 10.0. The van der Waals surface area contributed by atoms with Crippen molar-refractivity contribution in [2.24, 2.45) is 11.3 Å². The summed E-state index contributed by atoms with van der Waals surface area (Å²) in [6.45, 7) is 5.02. The van der Waals surface area contributed by atoms with Gasteiger partial charge in [0.25, 0.3) is 0 Å². The van der Waals surface area contributed by atoms with E-state index in [9.17, 15) is 4.79 Å². The van der Waals surface area contributed by atoms with Crippen molar-refractivity contribution in [2.75, 3.05) is 7.05 Å². The number of hydrogen-bond acceptors (Lipinski definition) is 1. The summed E-state index contributed by atoms with van der Waals surface area (Å²) in [5.74, 6) is 0.491. The van der Waals surface area contributed by atoms with Crippen LogP contribution in [0.15, 0.2) is 42.5 Å². The fourth-order valence-corrected chi connectivity index (χ4v) is 2.92. The van der Waals surface area contributed by atoms with Gasteiger partial charge in [-0.25, -0.2) is 0 Å². The number of amides is 1. The fraction of sp³-hybridized carbons (Fsp3) is 0.389. The first-order valence-corrected chi connectivity index (χ1v) is 7.21. The van der Waals surface area contributed by atoms with Crippen molar-refractivity contribution in [2.45, 2.75) is 26.8 Å². The molecule has 1 aliphatic rings. The van der Waals surface area contributed by atoms with E-state index in [1.165, 1.54) is 16.3 Å². The topological polar surface area (TPSA) is 20.3 Å². The third kappa shape index (κ3) is 2.31. The molecule has 2 heteroatoms. The molecule has 0 heterocycles. The maximum absolute atomic E-state index is 12.4. The molecule has 0 saturated heterocycles. The Balaban J connectivity index is 1.81. The molecule has 1 fully saturated rings. The van der Waals surface area contributed by atoms with Gasteiger partial charge in [0.1, 0.15) is 0 Å². The second-order valence-corrected chi connectivity index (χ2v) is 6.58. The van der Waals surface area contributed by atoms with E-state index in [0.29, 0.717) is 6.54 Å². The minimum absolute atomic E-state index is 0.199. The number of nitrogens with zero attached hydrogens (tertiary/aromatic N) is 1. The predicted octanol–water partition coefficient (Wildman–Crippen LogP) is 3.84. The SMILES string of the molecule is CN(Cc1cccc2ccccc12)C(=O)C1CC1(C)C. The molecule has 3 rings (SSSR count). The average Bonchev–Trinajstić information content (AvgIpc) is 3.07. The Labute approximate surface area is 120 Å². The molecule has 0 N–H and O–H groups in total. The number of rotatable bonds is 3. The highest BCUT2D eigenvalue weighted by Gasteiger charge is 2.51. The molecule has 104 valence electrons.